The summed E-state index contributed by atoms with van der Waals surface area (Å²) in [5.41, 5.74) is 0. The summed E-state index contributed by atoms with van der Waals surface area (Å²) in [5.74, 6) is 1.35. The third-order valence-corrected chi connectivity index (χ3v) is 5.10. The van der Waals surface area contributed by atoms with Crippen molar-refractivity contribution in [3.8, 4) is 0 Å². The zero-order valence-corrected chi connectivity index (χ0v) is 14.5. The van der Waals surface area contributed by atoms with Gasteiger partial charge in [-0.15, -0.1) is 21.5 Å². The van der Waals surface area contributed by atoms with Crippen molar-refractivity contribution < 1.29 is 9.15 Å². The highest BCUT2D eigenvalue weighted by atomic mass is 32.1. The van der Waals surface area contributed by atoms with Crippen LogP contribution in [0.1, 0.15) is 42.6 Å². The molecule has 23 heavy (non-hydrogen) atoms. The molecule has 7 heteroatoms. The number of aryl methyl sites for hydroxylation is 1. The molecule has 0 bridgehead atoms. The van der Waals surface area contributed by atoms with Gasteiger partial charge in [-0.1, -0.05) is 13.0 Å². The average Bonchev–Trinajstić information content (AvgIpc) is 3.27. The molecule has 1 aliphatic rings. The molecular formula is C16H24N4O2S. The minimum Gasteiger partial charge on any atom is -0.424 e. The first-order chi connectivity index (χ1) is 11.3. The summed E-state index contributed by atoms with van der Waals surface area (Å²) in [6.45, 7) is 8.49. The van der Waals surface area contributed by atoms with E-state index in [-0.39, 0.29) is 6.04 Å². The smallest absolute Gasteiger partial charge is 0.233 e. The molecule has 0 amide bonds. The monoisotopic (exact) mass is 336 g/mol. The van der Waals surface area contributed by atoms with Crippen LogP contribution in [-0.2, 0) is 11.2 Å². The number of morpholine rings is 1. The van der Waals surface area contributed by atoms with Gasteiger partial charge in [0.15, 0.2) is 0 Å². The lowest BCUT2D eigenvalue weighted by Crippen LogP contribution is -2.42. The number of hydrogen-bond acceptors (Lipinski definition) is 7. The van der Waals surface area contributed by atoms with Crippen molar-refractivity contribution in [2.75, 3.05) is 32.8 Å². The van der Waals surface area contributed by atoms with Gasteiger partial charge in [-0.3, -0.25) is 4.90 Å². The maximum Gasteiger partial charge on any atom is 0.233 e. The van der Waals surface area contributed by atoms with Crippen LogP contribution in [0.4, 0.5) is 0 Å². The summed E-state index contributed by atoms with van der Waals surface area (Å²) in [5, 5.41) is 13.9. The molecule has 1 N–H and O–H groups in total. The SMILES string of the molecule is CCc1nnc(C(C)NCC(c2cccs2)N2CCOCC2)o1. The number of nitrogens with one attached hydrogen (secondary N) is 1. The molecule has 1 aliphatic heterocycles. The van der Waals surface area contributed by atoms with Crippen molar-refractivity contribution in [2.24, 2.45) is 0 Å². The number of ether oxygens (including phenoxy) is 1. The average molecular weight is 336 g/mol. The molecular weight excluding hydrogens is 312 g/mol. The van der Waals surface area contributed by atoms with E-state index in [0.717, 1.165) is 39.3 Å². The fourth-order valence-electron chi connectivity index (χ4n) is 2.74. The third kappa shape index (κ3) is 4.17. The van der Waals surface area contributed by atoms with Gasteiger partial charge in [-0.2, -0.15) is 0 Å². The number of thiophene rings is 1. The molecule has 0 saturated carbocycles. The second-order valence-electron chi connectivity index (χ2n) is 5.70. The zero-order chi connectivity index (χ0) is 16.1. The Morgan fingerprint density at radius 2 is 2.17 bits per heavy atom. The maximum absolute atomic E-state index is 5.65. The fraction of sp³-hybridized carbons (Fsp3) is 0.625. The first kappa shape index (κ1) is 16.6. The van der Waals surface area contributed by atoms with Gasteiger partial charge in [0.05, 0.1) is 25.3 Å². The summed E-state index contributed by atoms with van der Waals surface area (Å²) in [7, 11) is 0. The minimum atomic E-state index is 0.0475. The Bertz CT molecular complexity index is 581. The summed E-state index contributed by atoms with van der Waals surface area (Å²) >= 11 is 1.81. The highest BCUT2D eigenvalue weighted by Gasteiger charge is 2.24. The molecule has 2 unspecified atom stereocenters. The number of nitrogens with zero attached hydrogens (tertiary/aromatic N) is 3. The molecule has 0 radical (unpaired) electrons. The van der Waals surface area contributed by atoms with Crippen molar-refractivity contribution in [3.63, 3.8) is 0 Å². The molecule has 3 heterocycles. The van der Waals surface area contributed by atoms with E-state index in [9.17, 15) is 0 Å². The Morgan fingerprint density at radius 1 is 1.35 bits per heavy atom. The van der Waals surface area contributed by atoms with Crippen LogP contribution in [0.5, 0.6) is 0 Å². The Hall–Kier alpha value is -1.28. The number of rotatable bonds is 7. The van der Waals surface area contributed by atoms with E-state index in [1.165, 1.54) is 4.88 Å². The van der Waals surface area contributed by atoms with Gasteiger partial charge in [-0.05, 0) is 18.4 Å². The number of hydrogen-bond donors (Lipinski definition) is 1. The summed E-state index contributed by atoms with van der Waals surface area (Å²) in [4.78, 5) is 3.87. The third-order valence-electron chi connectivity index (χ3n) is 4.13. The predicted octanol–water partition coefficient (Wildman–Crippen LogP) is 2.42. The van der Waals surface area contributed by atoms with Gasteiger partial charge in [0.2, 0.25) is 11.8 Å². The molecule has 2 atom stereocenters. The molecule has 3 rings (SSSR count). The van der Waals surface area contributed by atoms with Crippen molar-refractivity contribution >= 4 is 11.3 Å². The minimum absolute atomic E-state index is 0.0475. The molecule has 0 aliphatic carbocycles. The van der Waals surface area contributed by atoms with E-state index < -0.39 is 0 Å². The Kier molecular flexibility index (Phi) is 5.77. The van der Waals surface area contributed by atoms with Crippen LogP contribution < -0.4 is 5.32 Å². The Morgan fingerprint density at radius 3 is 2.83 bits per heavy atom. The lowest BCUT2D eigenvalue weighted by atomic mass is 10.1. The van der Waals surface area contributed by atoms with Gasteiger partial charge in [0.25, 0.3) is 0 Å². The van der Waals surface area contributed by atoms with Crippen molar-refractivity contribution in [1.82, 2.24) is 20.4 Å². The molecule has 0 aromatic carbocycles. The molecule has 6 nitrogen and oxygen atoms in total. The normalized spacial score (nSPS) is 18.9. The second kappa shape index (κ2) is 8.01. The molecule has 1 saturated heterocycles. The summed E-state index contributed by atoms with van der Waals surface area (Å²) in [6.07, 6.45) is 0.769. The van der Waals surface area contributed by atoms with Crippen LogP contribution in [0.15, 0.2) is 21.9 Å². The van der Waals surface area contributed by atoms with E-state index in [4.69, 9.17) is 9.15 Å². The lowest BCUT2D eigenvalue weighted by Gasteiger charge is -2.34. The first-order valence-electron chi connectivity index (χ1n) is 8.18. The standard InChI is InChI=1S/C16H24N4O2S/c1-3-15-18-19-16(22-15)12(2)17-11-13(14-5-4-10-23-14)20-6-8-21-9-7-20/h4-5,10,12-13,17H,3,6-9,11H2,1-2H3. The van der Waals surface area contributed by atoms with Crippen molar-refractivity contribution in [3.05, 3.63) is 34.2 Å². The van der Waals surface area contributed by atoms with Crippen LogP contribution in [0.2, 0.25) is 0 Å². The molecule has 0 spiro atoms. The van der Waals surface area contributed by atoms with E-state index in [2.05, 4.69) is 44.9 Å². The van der Waals surface area contributed by atoms with E-state index in [1.54, 1.807) is 11.3 Å². The van der Waals surface area contributed by atoms with Gasteiger partial charge >= 0.3 is 0 Å². The maximum atomic E-state index is 5.65. The van der Waals surface area contributed by atoms with Crippen LogP contribution >= 0.6 is 11.3 Å². The molecule has 126 valence electrons. The summed E-state index contributed by atoms with van der Waals surface area (Å²) in [6, 6.07) is 4.72. The fourth-order valence-corrected chi connectivity index (χ4v) is 3.60. The van der Waals surface area contributed by atoms with Gasteiger partial charge < -0.3 is 14.5 Å². The Balaban J connectivity index is 1.63. The molecule has 1 fully saturated rings. The van der Waals surface area contributed by atoms with Crippen molar-refractivity contribution in [2.45, 2.75) is 32.4 Å². The largest absolute Gasteiger partial charge is 0.424 e. The summed E-state index contributed by atoms with van der Waals surface area (Å²) < 4.78 is 11.1. The molecule has 2 aromatic rings. The van der Waals surface area contributed by atoms with Crippen LogP contribution in [0.25, 0.3) is 0 Å². The second-order valence-corrected chi connectivity index (χ2v) is 6.68. The molecule has 2 aromatic heterocycles. The highest BCUT2D eigenvalue weighted by Crippen LogP contribution is 2.26. The first-order valence-corrected chi connectivity index (χ1v) is 9.06. The van der Waals surface area contributed by atoms with Crippen LogP contribution in [-0.4, -0.2) is 47.9 Å². The van der Waals surface area contributed by atoms with Crippen molar-refractivity contribution in [1.29, 1.82) is 0 Å². The van der Waals surface area contributed by atoms with Crippen LogP contribution in [0, 0.1) is 0 Å². The predicted molar refractivity (Wildman–Crippen MR) is 89.5 cm³/mol. The lowest BCUT2D eigenvalue weighted by molar-refractivity contribution is 0.0163. The van der Waals surface area contributed by atoms with Gasteiger partial charge in [0.1, 0.15) is 0 Å². The van der Waals surface area contributed by atoms with Gasteiger partial charge in [-0.25, -0.2) is 0 Å². The Labute approximate surface area is 140 Å². The zero-order valence-electron chi connectivity index (χ0n) is 13.7. The quantitative estimate of drug-likeness (QED) is 0.838. The highest BCUT2D eigenvalue weighted by molar-refractivity contribution is 7.10. The van der Waals surface area contributed by atoms with Gasteiger partial charge in [0, 0.05) is 30.9 Å². The van der Waals surface area contributed by atoms with E-state index in [1.807, 2.05) is 6.92 Å². The number of aromatic nitrogens is 2. The topological polar surface area (TPSA) is 63.4 Å². The van der Waals surface area contributed by atoms with Crippen LogP contribution in [0.3, 0.4) is 0 Å². The van der Waals surface area contributed by atoms with E-state index in [0.29, 0.717) is 17.8 Å². The van der Waals surface area contributed by atoms with E-state index >= 15 is 0 Å².